The van der Waals surface area contributed by atoms with Crippen molar-refractivity contribution >= 4 is 10.0 Å². The van der Waals surface area contributed by atoms with Crippen molar-refractivity contribution < 1.29 is 8.42 Å². The van der Waals surface area contributed by atoms with Crippen LogP contribution in [-0.4, -0.2) is 41.4 Å². The van der Waals surface area contributed by atoms with Crippen LogP contribution in [0.4, 0.5) is 0 Å². The van der Waals surface area contributed by atoms with Crippen molar-refractivity contribution in [3.8, 4) is 0 Å². The number of hydrogen-bond acceptors (Lipinski definition) is 4. The Labute approximate surface area is 130 Å². The van der Waals surface area contributed by atoms with Crippen LogP contribution in [0.5, 0.6) is 0 Å². The highest BCUT2D eigenvalue weighted by Gasteiger charge is 2.39. The van der Waals surface area contributed by atoms with E-state index >= 15 is 0 Å². The first-order valence-corrected chi connectivity index (χ1v) is 8.63. The number of benzene rings is 1. The number of aryl methyl sites for hydroxylation is 2. The number of rotatable bonds is 3. The molecule has 2 aromatic rings. The van der Waals surface area contributed by atoms with Crippen molar-refractivity contribution in [1.29, 1.82) is 0 Å². The summed E-state index contributed by atoms with van der Waals surface area (Å²) in [6, 6.07) is 6.78. The van der Waals surface area contributed by atoms with E-state index in [1.807, 2.05) is 23.9 Å². The molecule has 0 saturated carbocycles. The molecule has 0 radical (unpaired) electrons. The van der Waals surface area contributed by atoms with E-state index in [0.29, 0.717) is 18.0 Å². The zero-order chi connectivity index (χ0) is 15.9. The molecule has 2 atom stereocenters. The summed E-state index contributed by atoms with van der Waals surface area (Å²) in [5.74, 6) is -0.0695. The summed E-state index contributed by atoms with van der Waals surface area (Å²) in [6.07, 6.45) is 3.61. The first-order valence-electron chi connectivity index (χ1n) is 7.19. The van der Waals surface area contributed by atoms with Gasteiger partial charge in [-0.1, -0.05) is 18.2 Å². The molecule has 1 aliphatic heterocycles. The van der Waals surface area contributed by atoms with Gasteiger partial charge in [0.15, 0.2) is 0 Å². The third kappa shape index (κ3) is 2.55. The van der Waals surface area contributed by atoms with Gasteiger partial charge < -0.3 is 10.3 Å². The second-order valence-corrected chi connectivity index (χ2v) is 7.73. The predicted octanol–water partition coefficient (Wildman–Crippen LogP) is 0.844. The van der Waals surface area contributed by atoms with Crippen LogP contribution >= 0.6 is 0 Å². The van der Waals surface area contributed by atoms with Crippen molar-refractivity contribution in [2.75, 3.05) is 13.1 Å². The molecule has 22 heavy (non-hydrogen) atoms. The zero-order valence-corrected chi connectivity index (χ0v) is 13.5. The van der Waals surface area contributed by atoms with Crippen molar-refractivity contribution in [3.63, 3.8) is 0 Å². The van der Waals surface area contributed by atoms with E-state index in [9.17, 15) is 8.42 Å². The highest BCUT2D eigenvalue weighted by Crippen LogP contribution is 2.30. The van der Waals surface area contributed by atoms with Crippen molar-refractivity contribution in [2.45, 2.75) is 23.8 Å². The number of aromatic nitrogens is 2. The molecule has 2 heterocycles. The van der Waals surface area contributed by atoms with Gasteiger partial charge in [0.05, 0.1) is 16.9 Å². The van der Waals surface area contributed by atoms with Crippen LogP contribution in [0.2, 0.25) is 0 Å². The van der Waals surface area contributed by atoms with Gasteiger partial charge in [0.1, 0.15) is 0 Å². The SMILES string of the molecule is Cc1ccccc1S(=O)(=O)N1C[C@@H](N)[C@H](c2cn(C)cn2)C1. The van der Waals surface area contributed by atoms with E-state index in [1.54, 1.807) is 31.5 Å². The molecule has 1 aliphatic rings. The summed E-state index contributed by atoms with van der Waals surface area (Å²) in [6.45, 7) is 2.49. The zero-order valence-electron chi connectivity index (χ0n) is 12.7. The minimum Gasteiger partial charge on any atom is -0.340 e. The van der Waals surface area contributed by atoms with Crippen molar-refractivity contribution in [2.24, 2.45) is 12.8 Å². The first kappa shape index (κ1) is 15.2. The lowest BCUT2D eigenvalue weighted by atomic mass is 10.0. The number of nitrogens with zero attached hydrogens (tertiary/aromatic N) is 3. The standard InChI is InChI=1S/C15H20N4O2S/c1-11-5-3-4-6-15(11)22(20,21)19-7-12(13(16)8-19)14-9-18(2)10-17-14/h3-6,9-10,12-13H,7-8,16H2,1-2H3/t12-,13-/m1/s1. The minimum absolute atomic E-state index is 0.0695. The molecule has 118 valence electrons. The maximum absolute atomic E-state index is 12.8. The smallest absolute Gasteiger partial charge is 0.243 e. The van der Waals surface area contributed by atoms with Crippen molar-refractivity contribution in [3.05, 3.63) is 48.0 Å². The molecule has 0 bridgehead atoms. The van der Waals surface area contributed by atoms with Gasteiger partial charge >= 0.3 is 0 Å². The number of sulfonamides is 1. The Morgan fingerprint density at radius 1 is 1.27 bits per heavy atom. The van der Waals surface area contributed by atoms with E-state index in [0.717, 1.165) is 11.3 Å². The van der Waals surface area contributed by atoms with Crippen LogP contribution < -0.4 is 5.73 Å². The molecule has 2 N–H and O–H groups in total. The van der Waals surface area contributed by atoms with Gasteiger partial charge in [-0.25, -0.2) is 13.4 Å². The molecular weight excluding hydrogens is 300 g/mol. The molecule has 1 aromatic heterocycles. The lowest BCUT2D eigenvalue weighted by Crippen LogP contribution is -2.32. The van der Waals surface area contributed by atoms with Gasteiger partial charge in [0.25, 0.3) is 0 Å². The lowest BCUT2D eigenvalue weighted by molar-refractivity contribution is 0.469. The number of hydrogen-bond donors (Lipinski definition) is 1. The summed E-state index contributed by atoms with van der Waals surface area (Å²) >= 11 is 0. The fraction of sp³-hybridized carbons (Fsp3) is 0.400. The minimum atomic E-state index is -3.52. The van der Waals surface area contributed by atoms with Crippen LogP contribution in [0.3, 0.4) is 0 Å². The van der Waals surface area contributed by atoms with Gasteiger partial charge in [0, 0.05) is 38.3 Å². The Balaban J connectivity index is 1.89. The average Bonchev–Trinajstić information content (AvgIpc) is 3.05. The van der Waals surface area contributed by atoms with Gasteiger partial charge in [-0.05, 0) is 18.6 Å². The molecular formula is C15H20N4O2S. The lowest BCUT2D eigenvalue weighted by Gasteiger charge is -2.17. The van der Waals surface area contributed by atoms with E-state index in [1.165, 1.54) is 4.31 Å². The normalized spacial score (nSPS) is 23.0. The highest BCUT2D eigenvalue weighted by atomic mass is 32.2. The Kier molecular flexibility index (Phi) is 3.80. The highest BCUT2D eigenvalue weighted by molar-refractivity contribution is 7.89. The van der Waals surface area contributed by atoms with Gasteiger partial charge in [0.2, 0.25) is 10.0 Å². The van der Waals surface area contributed by atoms with Gasteiger partial charge in [-0.2, -0.15) is 4.31 Å². The average molecular weight is 320 g/mol. The molecule has 1 saturated heterocycles. The predicted molar refractivity (Wildman–Crippen MR) is 83.9 cm³/mol. The Hall–Kier alpha value is -1.70. The Bertz CT molecular complexity index is 784. The number of nitrogens with two attached hydrogens (primary N) is 1. The summed E-state index contributed by atoms with van der Waals surface area (Å²) in [4.78, 5) is 4.67. The van der Waals surface area contributed by atoms with Crippen LogP contribution in [0.1, 0.15) is 17.2 Å². The molecule has 0 aliphatic carbocycles. The molecule has 6 nitrogen and oxygen atoms in total. The third-order valence-electron chi connectivity index (χ3n) is 4.15. The second kappa shape index (κ2) is 5.49. The summed E-state index contributed by atoms with van der Waals surface area (Å²) in [5.41, 5.74) is 7.76. The molecule has 0 spiro atoms. The van der Waals surface area contributed by atoms with Gasteiger partial charge in [-0.3, -0.25) is 0 Å². The Morgan fingerprint density at radius 3 is 2.64 bits per heavy atom. The van der Waals surface area contributed by atoms with E-state index in [-0.39, 0.29) is 12.0 Å². The summed E-state index contributed by atoms with van der Waals surface area (Å²) in [7, 11) is -1.63. The van der Waals surface area contributed by atoms with E-state index < -0.39 is 10.0 Å². The molecule has 0 amide bonds. The molecule has 1 fully saturated rings. The van der Waals surface area contributed by atoms with Crippen LogP contribution in [0.15, 0.2) is 41.7 Å². The molecule has 0 unspecified atom stereocenters. The number of imidazole rings is 1. The monoisotopic (exact) mass is 320 g/mol. The van der Waals surface area contributed by atoms with Crippen LogP contribution in [-0.2, 0) is 17.1 Å². The fourth-order valence-electron chi connectivity index (χ4n) is 2.91. The van der Waals surface area contributed by atoms with Gasteiger partial charge in [-0.15, -0.1) is 0 Å². The third-order valence-corrected chi connectivity index (χ3v) is 6.14. The topological polar surface area (TPSA) is 81.2 Å². The fourth-order valence-corrected chi connectivity index (χ4v) is 4.64. The maximum Gasteiger partial charge on any atom is 0.243 e. The van der Waals surface area contributed by atoms with Crippen LogP contribution in [0.25, 0.3) is 0 Å². The van der Waals surface area contributed by atoms with E-state index in [4.69, 9.17) is 5.73 Å². The van der Waals surface area contributed by atoms with Crippen molar-refractivity contribution in [1.82, 2.24) is 13.9 Å². The first-order chi connectivity index (χ1) is 10.4. The second-order valence-electron chi connectivity index (χ2n) is 5.82. The molecule has 3 rings (SSSR count). The Morgan fingerprint density at radius 2 is 2.00 bits per heavy atom. The molecule has 7 heteroatoms. The molecule has 1 aromatic carbocycles. The largest absolute Gasteiger partial charge is 0.340 e. The summed E-state index contributed by atoms with van der Waals surface area (Å²) in [5, 5.41) is 0. The van der Waals surface area contributed by atoms with E-state index in [2.05, 4.69) is 4.98 Å². The summed E-state index contributed by atoms with van der Waals surface area (Å²) < 4.78 is 29.0. The maximum atomic E-state index is 12.8. The van der Waals surface area contributed by atoms with Crippen LogP contribution in [0, 0.1) is 6.92 Å². The quantitative estimate of drug-likeness (QED) is 0.909.